The molecule has 0 bridgehead atoms. The first-order valence-electron chi connectivity index (χ1n) is 7.80. The van der Waals surface area contributed by atoms with Crippen molar-refractivity contribution in [1.82, 2.24) is 10.2 Å². The van der Waals surface area contributed by atoms with Crippen LogP contribution < -0.4 is 5.32 Å². The Hall–Kier alpha value is -0.610. The zero-order valence-electron chi connectivity index (χ0n) is 12.2. The highest BCUT2D eigenvalue weighted by atomic mass is 16.3. The van der Waals surface area contributed by atoms with Gasteiger partial charge in [-0.05, 0) is 44.4 Å². The van der Waals surface area contributed by atoms with Crippen molar-refractivity contribution in [3.8, 4) is 0 Å². The second-order valence-corrected chi connectivity index (χ2v) is 6.32. The second-order valence-electron chi connectivity index (χ2n) is 6.32. The summed E-state index contributed by atoms with van der Waals surface area (Å²) in [6.45, 7) is 4.95. The highest BCUT2D eigenvalue weighted by Crippen LogP contribution is 2.47. The van der Waals surface area contributed by atoms with E-state index in [4.69, 9.17) is 5.11 Å². The Kier molecular flexibility index (Phi) is 5.22. The van der Waals surface area contributed by atoms with Crippen LogP contribution in [0.5, 0.6) is 0 Å². The fraction of sp³-hybridized carbons (Fsp3) is 0.933. The van der Waals surface area contributed by atoms with Crippen LogP contribution in [0.25, 0.3) is 0 Å². The number of hydrogen-bond donors (Lipinski definition) is 2. The van der Waals surface area contributed by atoms with Crippen molar-refractivity contribution in [2.24, 2.45) is 5.41 Å². The fourth-order valence-corrected chi connectivity index (χ4v) is 2.95. The Bertz CT molecular complexity index is 295. The van der Waals surface area contributed by atoms with Crippen molar-refractivity contribution >= 4 is 5.91 Å². The summed E-state index contributed by atoms with van der Waals surface area (Å²) in [4.78, 5) is 14.4. The average Bonchev–Trinajstić information content (AvgIpc) is 3.19. The Morgan fingerprint density at radius 1 is 1.26 bits per heavy atom. The Morgan fingerprint density at radius 3 is 2.42 bits per heavy atom. The normalized spacial score (nSPS) is 23.8. The van der Waals surface area contributed by atoms with Gasteiger partial charge >= 0.3 is 0 Å². The van der Waals surface area contributed by atoms with Gasteiger partial charge in [-0.3, -0.25) is 4.79 Å². The number of nitrogens with zero attached hydrogens (tertiary/aromatic N) is 1. The van der Waals surface area contributed by atoms with Gasteiger partial charge in [0.2, 0.25) is 5.91 Å². The number of aliphatic hydroxyl groups is 1. The maximum Gasteiger partial charge on any atom is 0.239 e. The molecule has 2 rings (SSSR count). The predicted octanol–water partition coefficient (Wildman–Crippen LogP) is 1.53. The highest BCUT2D eigenvalue weighted by Gasteiger charge is 2.42. The van der Waals surface area contributed by atoms with Crippen LogP contribution in [0.4, 0.5) is 0 Å². The maximum absolute atomic E-state index is 12.4. The number of nitrogens with one attached hydrogen (secondary N) is 1. The van der Waals surface area contributed by atoms with Crippen molar-refractivity contribution in [1.29, 1.82) is 0 Å². The van der Waals surface area contributed by atoms with Crippen LogP contribution >= 0.6 is 0 Å². The number of carbonyl (C=O) groups excluding carboxylic acids is 1. The van der Waals surface area contributed by atoms with Crippen molar-refractivity contribution in [3.63, 3.8) is 0 Å². The van der Waals surface area contributed by atoms with Crippen LogP contribution in [0.2, 0.25) is 0 Å². The van der Waals surface area contributed by atoms with Gasteiger partial charge in [0, 0.05) is 26.2 Å². The van der Waals surface area contributed by atoms with Gasteiger partial charge in [0.1, 0.15) is 0 Å². The maximum atomic E-state index is 12.4. The summed E-state index contributed by atoms with van der Waals surface area (Å²) in [5.41, 5.74) is 0.280. The minimum Gasteiger partial charge on any atom is -0.396 e. The molecule has 0 aromatic heterocycles. The SMILES string of the molecule is CC(NCC1(CCO)CC1)C(=O)N1CCCCCC1. The summed E-state index contributed by atoms with van der Waals surface area (Å²) in [5.74, 6) is 0.252. The van der Waals surface area contributed by atoms with Gasteiger partial charge in [0.05, 0.1) is 6.04 Å². The molecule has 1 amide bonds. The lowest BCUT2D eigenvalue weighted by atomic mass is 10.0. The molecule has 2 N–H and O–H groups in total. The minimum atomic E-state index is -0.0886. The Balaban J connectivity index is 1.75. The van der Waals surface area contributed by atoms with Crippen molar-refractivity contribution < 1.29 is 9.90 Å². The van der Waals surface area contributed by atoms with Gasteiger partial charge < -0.3 is 15.3 Å². The third kappa shape index (κ3) is 4.18. The van der Waals surface area contributed by atoms with Crippen LogP contribution in [0, 0.1) is 5.41 Å². The lowest BCUT2D eigenvalue weighted by Crippen LogP contribution is -2.46. The Labute approximate surface area is 116 Å². The van der Waals surface area contributed by atoms with Gasteiger partial charge in [-0.15, -0.1) is 0 Å². The smallest absolute Gasteiger partial charge is 0.239 e. The topological polar surface area (TPSA) is 52.6 Å². The van der Waals surface area contributed by atoms with E-state index in [1.54, 1.807) is 0 Å². The largest absolute Gasteiger partial charge is 0.396 e. The molecule has 1 heterocycles. The molecule has 0 radical (unpaired) electrons. The van der Waals surface area contributed by atoms with Gasteiger partial charge in [-0.25, -0.2) is 0 Å². The van der Waals surface area contributed by atoms with Gasteiger partial charge in [0.25, 0.3) is 0 Å². The molecule has 4 nitrogen and oxygen atoms in total. The zero-order chi connectivity index (χ0) is 13.7. The molecule has 1 unspecified atom stereocenters. The van der Waals surface area contributed by atoms with E-state index >= 15 is 0 Å². The zero-order valence-corrected chi connectivity index (χ0v) is 12.2. The molecule has 0 aromatic carbocycles. The van der Waals surface area contributed by atoms with E-state index in [1.807, 2.05) is 11.8 Å². The molecule has 1 aliphatic carbocycles. The first-order chi connectivity index (χ1) is 9.17. The first-order valence-corrected chi connectivity index (χ1v) is 7.80. The molecule has 2 fully saturated rings. The first kappa shape index (κ1) is 14.8. The molecule has 0 aromatic rings. The average molecular weight is 268 g/mol. The molecule has 1 saturated heterocycles. The Morgan fingerprint density at radius 2 is 1.89 bits per heavy atom. The summed E-state index contributed by atoms with van der Waals surface area (Å²) in [6, 6.07) is -0.0886. The lowest BCUT2D eigenvalue weighted by Gasteiger charge is -2.26. The second kappa shape index (κ2) is 6.71. The van der Waals surface area contributed by atoms with E-state index in [0.717, 1.165) is 38.9 Å². The minimum absolute atomic E-state index is 0.0886. The monoisotopic (exact) mass is 268 g/mol. The number of carbonyl (C=O) groups is 1. The van der Waals surface area contributed by atoms with Crippen LogP contribution in [0.3, 0.4) is 0 Å². The van der Waals surface area contributed by atoms with Crippen LogP contribution in [-0.2, 0) is 4.79 Å². The highest BCUT2D eigenvalue weighted by molar-refractivity contribution is 5.81. The fourth-order valence-electron chi connectivity index (χ4n) is 2.95. The van der Waals surface area contributed by atoms with Crippen molar-refractivity contribution in [2.75, 3.05) is 26.2 Å². The molecule has 1 atom stereocenters. The predicted molar refractivity (Wildman–Crippen MR) is 75.9 cm³/mol. The standard InChI is InChI=1S/C15H28N2O2/c1-13(16-12-15(6-7-15)8-11-18)14(19)17-9-4-2-3-5-10-17/h13,16,18H,2-12H2,1H3. The molecule has 1 saturated carbocycles. The van der Waals surface area contributed by atoms with Crippen molar-refractivity contribution in [2.45, 2.75) is 57.9 Å². The quantitative estimate of drug-likeness (QED) is 0.768. The summed E-state index contributed by atoms with van der Waals surface area (Å²) in [5, 5.41) is 12.4. The summed E-state index contributed by atoms with van der Waals surface area (Å²) < 4.78 is 0. The molecular weight excluding hydrogens is 240 g/mol. The van der Waals surface area contributed by atoms with E-state index in [0.29, 0.717) is 0 Å². The molecule has 0 spiro atoms. The van der Waals surface area contributed by atoms with Crippen LogP contribution in [0.15, 0.2) is 0 Å². The molecule has 2 aliphatic rings. The van der Waals surface area contributed by atoms with E-state index < -0.39 is 0 Å². The molecule has 110 valence electrons. The van der Waals surface area contributed by atoms with E-state index in [1.165, 1.54) is 25.7 Å². The van der Waals surface area contributed by atoms with Crippen molar-refractivity contribution in [3.05, 3.63) is 0 Å². The summed E-state index contributed by atoms with van der Waals surface area (Å²) >= 11 is 0. The molecule has 4 heteroatoms. The van der Waals surface area contributed by atoms with Crippen LogP contribution in [0.1, 0.15) is 51.9 Å². The van der Waals surface area contributed by atoms with Gasteiger partial charge in [-0.1, -0.05) is 12.8 Å². The lowest BCUT2D eigenvalue weighted by molar-refractivity contribution is -0.133. The summed E-state index contributed by atoms with van der Waals surface area (Å²) in [6.07, 6.45) is 8.04. The summed E-state index contributed by atoms with van der Waals surface area (Å²) in [7, 11) is 0. The van der Waals surface area contributed by atoms with E-state index in [2.05, 4.69) is 5.32 Å². The van der Waals surface area contributed by atoms with E-state index in [-0.39, 0.29) is 24.0 Å². The van der Waals surface area contributed by atoms with Crippen LogP contribution in [-0.4, -0.2) is 48.2 Å². The van der Waals surface area contributed by atoms with E-state index in [9.17, 15) is 4.79 Å². The number of hydrogen-bond acceptors (Lipinski definition) is 3. The molecule has 1 aliphatic heterocycles. The molecule has 19 heavy (non-hydrogen) atoms. The number of amides is 1. The third-order valence-corrected chi connectivity index (χ3v) is 4.67. The van der Waals surface area contributed by atoms with Gasteiger partial charge in [0.15, 0.2) is 0 Å². The number of likely N-dealkylation sites (tertiary alicyclic amines) is 1. The number of aliphatic hydroxyl groups excluding tert-OH is 1. The molecular formula is C15H28N2O2. The number of rotatable bonds is 6. The third-order valence-electron chi connectivity index (χ3n) is 4.67. The van der Waals surface area contributed by atoms with Gasteiger partial charge in [-0.2, -0.15) is 0 Å².